The predicted octanol–water partition coefficient (Wildman–Crippen LogP) is 2.64. The Morgan fingerprint density at radius 1 is 1.18 bits per heavy atom. The topological polar surface area (TPSA) is 54.4 Å². The number of hydrogen-bond donors (Lipinski definition) is 1. The summed E-state index contributed by atoms with van der Waals surface area (Å²) in [6, 6.07) is 6.95. The van der Waals surface area contributed by atoms with Crippen molar-refractivity contribution in [3.63, 3.8) is 0 Å². The van der Waals surface area contributed by atoms with Gasteiger partial charge in [-0.1, -0.05) is 24.3 Å². The molecular weight excluding hydrogens is 216 g/mol. The van der Waals surface area contributed by atoms with Gasteiger partial charge in [0.05, 0.1) is 5.41 Å². The molecule has 90 valence electrons. The molecule has 1 aliphatic rings. The molecule has 1 N–H and O–H groups in total. The Morgan fingerprint density at radius 3 is 2.12 bits per heavy atom. The summed E-state index contributed by atoms with van der Waals surface area (Å²) in [4.78, 5) is 22.9. The quantitative estimate of drug-likeness (QED) is 0.812. The first-order valence-corrected chi connectivity index (χ1v) is 5.81. The molecule has 2 rings (SSSR count). The number of aliphatic carboxylic acids is 1. The molecule has 0 aliphatic heterocycles. The summed E-state index contributed by atoms with van der Waals surface area (Å²) in [5.41, 5.74) is 0.496. The van der Waals surface area contributed by atoms with Crippen molar-refractivity contribution in [2.45, 2.75) is 32.1 Å². The highest BCUT2D eigenvalue weighted by atomic mass is 16.4. The van der Waals surface area contributed by atoms with E-state index in [1.807, 2.05) is 0 Å². The van der Waals surface area contributed by atoms with Gasteiger partial charge in [-0.2, -0.15) is 0 Å². The largest absolute Gasteiger partial charge is 0.481 e. The zero-order valence-electron chi connectivity index (χ0n) is 10.1. The predicted molar refractivity (Wildman–Crippen MR) is 64.2 cm³/mol. The molecule has 1 fully saturated rings. The first-order valence-electron chi connectivity index (χ1n) is 5.81. The van der Waals surface area contributed by atoms with Gasteiger partial charge in [-0.3, -0.25) is 9.59 Å². The summed E-state index contributed by atoms with van der Waals surface area (Å²) in [5, 5.41) is 9.10. The smallest absolute Gasteiger partial charge is 0.313 e. The summed E-state index contributed by atoms with van der Waals surface area (Å²) in [7, 11) is 0. The van der Waals surface area contributed by atoms with Crippen LogP contribution in [0.4, 0.5) is 0 Å². The van der Waals surface area contributed by atoms with E-state index in [4.69, 9.17) is 5.11 Å². The van der Waals surface area contributed by atoms with Crippen LogP contribution < -0.4 is 0 Å². The molecule has 0 heterocycles. The highest BCUT2D eigenvalue weighted by Crippen LogP contribution is 2.33. The van der Waals surface area contributed by atoms with Crippen LogP contribution in [0.3, 0.4) is 0 Å². The monoisotopic (exact) mass is 232 g/mol. The van der Waals surface area contributed by atoms with Crippen molar-refractivity contribution in [1.82, 2.24) is 0 Å². The molecule has 1 saturated carbocycles. The van der Waals surface area contributed by atoms with Crippen molar-refractivity contribution in [2.75, 3.05) is 0 Å². The van der Waals surface area contributed by atoms with Gasteiger partial charge in [0, 0.05) is 11.5 Å². The van der Waals surface area contributed by atoms with Crippen LogP contribution in [0.15, 0.2) is 24.3 Å². The second kappa shape index (κ2) is 3.99. The second-order valence-corrected chi connectivity index (χ2v) is 5.15. The van der Waals surface area contributed by atoms with Gasteiger partial charge < -0.3 is 5.11 Å². The number of benzene rings is 1. The third kappa shape index (κ3) is 2.23. The summed E-state index contributed by atoms with van der Waals surface area (Å²) in [5.74, 6) is -0.475. The van der Waals surface area contributed by atoms with Crippen molar-refractivity contribution < 1.29 is 14.7 Å². The number of carbonyl (C=O) groups excluding carboxylic acids is 1. The van der Waals surface area contributed by atoms with Gasteiger partial charge in [-0.15, -0.1) is 0 Å². The van der Waals surface area contributed by atoms with Crippen molar-refractivity contribution >= 4 is 11.8 Å². The Bertz CT molecular complexity index is 453. The van der Waals surface area contributed by atoms with Crippen molar-refractivity contribution in [2.24, 2.45) is 5.92 Å². The first kappa shape index (κ1) is 11.8. The lowest BCUT2D eigenvalue weighted by Gasteiger charge is -2.19. The average Bonchev–Trinajstić information content (AvgIpc) is 3.12. The van der Waals surface area contributed by atoms with Crippen LogP contribution in [0.1, 0.15) is 42.6 Å². The molecule has 1 aromatic rings. The number of Topliss-reactive ketones (excluding diaryl/α,β-unsaturated/α-hetero) is 1. The molecule has 0 saturated heterocycles. The maximum Gasteiger partial charge on any atom is 0.313 e. The van der Waals surface area contributed by atoms with Gasteiger partial charge in [0.2, 0.25) is 0 Å². The van der Waals surface area contributed by atoms with Gasteiger partial charge in [0.1, 0.15) is 0 Å². The minimum atomic E-state index is -0.916. The number of rotatable bonds is 4. The normalized spacial score (nSPS) is 15.6. The van der Waals surface area contributed by atoms with E-state index in [1.54, 1.807) is 38.1 Å². The van der Waals surface area contributed by atoms with Crippen LogP contribution in [0, 0.1) is 5.92 Å². The Labute approximate surface area is 100 Å². The molecule has 0 radical (unpaired) electrons. The van der Waals surface area contributed by atoms with Crippen molar-refractivity contribution in [3.05, 3.63) is 35.4 Å². The van der Waals surface area contributed by atoms with E-state index in [-0.39, 0.29) is 11.7 Å². The van der Waals surface area contributed by atoms with E-state index in [0.717, 1.165) is 18.4 Å². The Kier molecular flexibility index (Phi) is 2.77. The molecule has 3 heteroatoms. The highest BCUT2D eigenvalue weighted by molar-refractivity contribution is 5.99. The van der Waals surface area contributed by atoms with Gasteiger partial charge in [-0.25, -0.2) is 0 Å². The number of hydrogen-bond acceptors (Lipinski definition) is 2. The SMILES string of the molecule is CC(C)(C(=O)O)c1ccc(C(=O)C2CC2)cc1. The van der Waals surface area contributed by atoms with Crippen molar-refractivity contribution in [3.8, 4) is 0 Å². The third-order valence-corrected chi connectivity index (χ3v) is 3.37. The molecular formula is C14H16O3. The van der Waals surface area contributed by atoms with E-state index in [1.165, 1.54) is 0 Å². The van der Waals surface area contributed by atoms with E-state index in [0.29, 0.717) is 5.56 Å². The maximum absolute atomic E-state index is 11.8. The van der Waals surface area contributed by atoms with Crippen LogP contribution in [-0.4, -0.2) is 16.9 Å². The molecule has 0 atom stereocenters. The fourth-order valence-electron chi connectivity index (χ4n) is 1.76. The van der Waals surface area contributed by atoms with Gasteiger partial charge >= 0.3 is 5.97 Å². The average molecular weight is 232 g/mol. The summed E-state index contributed by atoms with van der Waals surface area (Å²) < 4.78 is 0. The Balaban J connectivity index is 2.23. The van der Waals surface area contributed by atoms with E-state index in [2.05, 4.69) is 0 Å². The number of carbonyl (C=O) groups is 2. The molecule has 0 aromatic heterocycles. The van der Waals surface area contributed by atoms with Crippen LogP contribution in [0.25, 0.3) is 0 Å². The molecule has 0 amide bonds. The fourth-order valence-corrected chi connectivity index (χ4v) is 1.76. The first-order chi connectivity index (χ1) is 7.93. The molecule has 0 unspecified atom stereocenters. The molecule has 0 bridgehead atoms. The zero-order valence-corrected chi connectivity index (χ0v) is 10.1. The Hall–Kier alpha value is -1.64. The molecule has 1 aromatic carbocycles. The molecule has 3 nitrogen and oxygen atoms in total. The highest BCUT2D eigenvalue weighted by Gasteiger charge is 2.32. The van der Waals surface area contributed by atoms with E-state index < -0.39 is 11.4 Å². The van der Waals surface area contributed by atoms with Crippen molar-refractivity contribution in [1.29, 1.82) is 0 Å². The maximum atomic E-state index is 11.8. The van der Waals surface area contributed by atoms with Crippen LogP contribution in [0.5, 0.6) is 0 Å². The van der Waals surface area contributed by atoms with Crippen LogP contribution >= 0.6 is 0 Å². The lowest BCUT2D eigenvalue weighted by atomic mass is 9.84. The number of carboxylic acid groups (broad SMARTS) is 1. The van der Waals surface area contributed by atoms with Gasteiger partial charge in [-0.05, 0) is 32.3 Å². The van der Waals surface area contributed by atoms with Crippen LogP contribution in [-0.2, 0) is 10.2 Å². The minimum Gasteiger partial charge on any atom is -0.481 e. The zero-order chi connectivity index (χ0) is 12.6. The number of ketones is 1. The lowest BCUT2D eigenvalue weighted by molar-refractivity contribution is -0.142. The molecule has 1 aliphatic carbocycles. The minimum absolute atomic E-state index is 0.185. The standard InChI is InChI=1S/C14H16O3/c1-14(2,13(16)17)11-7-5-10(6-8-11)12(15)9-3-4-9/h5-9H,3-4H2,1-2H3,(H,16,17). The van der Waals surface area contributed by atoms with E-state index >= 15 is 0 Å². The van der Waals surface area contributed by atoms with Gasteiger partial charge in [0.25, 0.3) is 0 Å². The summed E-state index contributed by atoms with van der Waals surface area (Å²) in [6.45, 7) is 3.32. The van der Waals surface area contributed by atoms with Gasteiger partial charge in [0.15, 0.2) is 5.78 Å². The summed E-state index contributed by atoms with van der Waals surface area (Å²) >= 11 is 0. The molecule has 0 spiro atoms. The lowest BCUT2D eigenvalue weighted by Crippen LogP contribution is -2.28. The van der Waals surface area contributed by atoms with E-state index in [9.17, 15) is 9.59 Å². The third-order valence-electron chi connectivity index (χ3n) is 3.37. The fraction of sp³-hybridized carbons (Fsp3) is 0.429. The number of carboxylic acids is 1. The Morgan fingerprint density at radius 2 is 1.71 bits per heavy atom. The molecule has 17 heavy (non-hydrogen) atoms. The van der Waals surface area contributed by atoms with Crippen LogP contribution in [0.2, 0.25) is 0 Å². The second-order valence-electron chi connectivity index (χ2n) is 5.15. The summed E-state index contributed by atoms with van der Waals surface area (Å²) in [6.07, 6.45) is 1.97.